The average molecular weight is 282 g/mol. The van der Waals surface area contributed by atoms with Crippen LogP contribution in [0.4, 0.5) is 0 Å². The summed E-state index contributed by atoms with van der Waals surface area (Å²) >= 11 is 0. The molecule has 1 amide bonds. The monoisotopic (exact) mass is 282 g/mol. The molecule has 1 rings (SSSR count). The predicted octanol–water partition coefficient (Wildman–Crippen LogP) is 3.68. The number of nitrogens with zero attached hydrogens (tertiary/aromatic N) is 2. The molecule has 0 aromatic carbocycles. The second-order valence-electron chi connectivity index (χ2n) is 6.05. The Balaban J connectivity index is 2.08. The van der Waals surface area contributed by atoms with Crippen LogP contribution in [0.5, 0.6) is 0 Å². The van der Waals surface area contributed by atoms with Crippen molar-refractivity contribution in [3.63, 3.8) is 0 Å². The maximum Gasteiger partial charge on any atom is 0.222 e. The molecule has 1 heterocycles. The van der Waals surface area contributed by atoms with E-state index in [1.165, 1.54) is 64.6 Å². The molecule has 0 N–H and O–H groups in total. The molecule has 3 nitrogen and oxygen atoms in total. The van der Waals surface area contributed by atoms with Gasteiger partial charge in [-0.1, -0.05) is 33.1 Å². The average Bonchev–Trinajstić information content (AvgIpc) is 2.50. The van der Waals surface area contributed by atoms with Crippen molar-refractivity contribution >= 4 is 5.91 Å². The molecule has 0 aromatic heterocycles. The molecule has 0 radical (unpaired) electrons. The first kappa shape index (κ1) is 17.5. The van der Waals surface area contributed by atoms with E-state index in [2.05, 4.69) is 16.7 Å². The Hall–Kier alpha value is -0.570. The SMILES string of the molecule is CCCCN(CCCCCN1CCCCC1)C(=O)CC. The highest BCUT2D eigenvalue weighted by Crippen LogP contribution is 2.10. The molecular weight excluding hydrogens is 248 g/mol. The van der Waals surface area contributed by atoms with E-state index in [4.69, 9.17) is 0 Å². The molecule has 0 spiro atoms. The van der Waals surface area contributed by atoms with Gasteiger partial charge in [-0.2, -0.15) is 0 Å². The lowest BCUT2D eigenvalue weighted by Gasteiger charge is -2.26. The standard InChI is InChI=1S/C17H34N2O/c1-3-5-15-19(17(20)4-2)16-11-7-10-14-18-12-8-6-9-13-18/h3-16H2,1-2H3. The molecule has 1 aliphatic rings. The number of rotatable bonds is 10. The molecule has 0 saturated carbocycles. The van der Waals surface area contributed by atoms with Gasteiger partial charge in [-0.3, -0.25) is 4.79 Å². The zero-order valence-electron chi connectivity index (χ0n) is 13.7. The van der Waals surface area contributed by atoms with E-state index in [0.717, 1.165) is 19.5 Å². The molecule has 0 aromatic rings. The van der Waals surface area contributed by atoms with Crippen LogP contribution in [0, 0.1) is 0 Å². The van der Waals surface area contributed by atoms with Crippen LogP contribution >= 0.6 is 0 Å². The highest BCUT2D eigenvalue weighted by atomic mass is 16.2. The van der Waals surface area contributed by atoms with Crippen LogP contribution in [-0.4, -0.2) is 48.4 Å². The summed E-state index contributed by atoms with van der Waals surface area (Å²) in [4.78, 5) is 16.5. The van der Waals surface area contributed by atoms with Crippen molar-refractivity contribution in [2.24, 2.45) is 0 Å². The van der Waals surface area contributed by atoms with E-state index in [9.17, 15) is 4.79 Å². The van der Waals surface area contributed by atoms with Gasteiger partial charge in [0.05, 0.1) is 0 Å². The van der Waals surface area contributed by atoms with E-state index in [1.807, 2.05) is 6.92 Å². The van der Waals surface area contributed by atoms with Crippen molar-refractivity contribution in [2.75, 3.05) is 32.7 Å². The minimum Gasteiger partial charge on any atom is -0.343 e. The summed E-state index contributed by atoms with van der Waals surface area (Å²) in [6, 6.07) is 0. The lowest BCUT2D eigenvalue weighted by Crippen LogP contribution is -2.32. The van der Waals surface area contributed by atoms with Crippen LogP contribution in [-0.2, 0) is 4.79 Å². The maximum atomic E-state index is 11.8. The molecule has 3 heteroatoms. The van der Waals surface area contributed by atoms with Gasteiger partial charge in [0.15, 0.2) is 0 Å². The Morgan fingerprint density at radius 2 is 1.65 bits per heavy atom. The Morgan fingerprint density at radius 3 is 2.30 bits per heavy atom. The van der Waals surface area contributed by atoms with Crippen molar-refractivity contribution in [1.29, 1.82) is 0 Å². The van der Waals surface area contributed by atoms with Crippen LogP contribution in [0.1, 0.15) is 71.6 Å². The first-order valence-corrected chi connectivity index (χ1v) is 8.78. The number of amides is 1. The van der Waals surface area contributed by atoms with E-state index in [-0.39, 0.29) is 0 Å². The number of piperidine rings is 1. The number of likely N-dealkylation sites (tertiary alicyclic amines) is 1. The molecule has 1 aliphatic heterocycles. The third kappa shape index (κ3) is 7.28. The smallest absolute Gasteiger partial charge is 0.222 e. The zero-order chi connectivity index (χ0) is 14.6. The number of hydrogen-bond donors (Lipinski definition) is 0. The van der Waals surface area contributed by atoms with Crippen molar-refractivity contribution in [2.45, 2.75) is 71.6 Å². The van der Waals surface area contributed by atoms with E-state index in [1.54, 1.807) is 0 Å². The topological polar surface area (TPSA) is 23.6 Å². The van der Waals surface area contributed by atoms with E-state index >= 15 is 0 Å². The van der Waals surface area contributed by atoms with Gasteiger partial charge in [-0.25, -0.2) is 0 Å². The van der Waals surface area contributed by atoms with Gasteiger partial charge in [0.25, 0.3) is 0 Å². The van der Waals surface area contributed by atoms with Crippen LogP contribution in [0.2, 0.25) is 0 Å². The molecule has 1 fully saturated rings. The van der Waals surface area contributed by atoms with Gasteiger partial charge in [0.2, 0.25) is 5.91 Å². The lowest BCUT2D eigenvalue weighted by atomic mass is 10.1. The summed E-state index contributed by atoms with van der Waals surface area (Å²) in [7, 11) is 0. The summed E-state index contributed by atoms with van der Waals surface area (Å²) in [6.07, 6.45) is 10.9. The summed E-state index contributed by atoms with van der Waals surface area (Å²) in [5.41, 5.74) is 0. The van der Waals surface area contributed by atoms with Crippen LogP contribution in [0.3, 0.4) is 0 Å². The van der Waals surface area contributed by atoms with Gasteiger partial charge in [-0.15, -0.1) is 0 Å². The molecule has 0 unspecified atom stereocenters. The second-order valence-corrected chi connectivity index (χ2v) is 6.05. The molecular formula is C17H34N2O. The predicted molar refractivity (Wildman–Crippen MR) is 85.9 cm³/mol. The Bertz CT molecular complexity index is 249. The maximum absolute atomic E-state index is 11.8. The fourth-order valence-corrected chi connectivity index (χ4v) is 2.93. The first-order valence-electron chi connectivity index (χ1n) is 8.78. The number of carbonyl (C=O) groups is 1. The largest absolute Gasteiger partial charge is 0.343 e. The zero-order valence-corrected chi connectivity index (χ0v) is 13.7. The quantitative estimate of drug-likeness (QED) is 0.571. The fourth-order valence-electron chi connectivity index (χ4n) is 2.93. The van der Waals surface area contributed by atoms with Crippen molar-refractivity contribution in [1.82, 2.24) is 9.80 Å². The molecule has 0 aliphatic carbocycles. The Labute approximate surface area is 125 Å². The minimum atomic E-state index is 0.328. The van der Waals surface area contributed by atoms with Crippen molar-refractivity contribution < 1.29 is 4.79 Å². The minimum absolute atomic E-state index is 0.328. The molecule has 20 heavy (non-hydrogen) atoms. The normalized spacial score (nSPS) is 16.3. The second kappa shape index (κ2) is 11.1. The van der Waals surface area contributed by atoms with Crippen molar-refractivity contribution in [3.8, 4) is 0 Å². The van der Waals surface area contributed by atoms with E-state index in [0.29, 0.717) is 12.3 Å². The van der Waals surface area contributed by atoms with Gasteiger partial charge in [0.1, 0.15) is 0 Å². The molecule has 118 valence electrons. The van der Waals surface area contributed by atoms with Crippen LogP contribution in [0.25, 0.3) is 0 Å². The molecule has 1 saturated heterocycles. The van der Waals surface area contributed by atoms with Gasteiger partial charge < -0.3 is 9.80 Å². The van der Waals surface area contributed by atoms with Gasteiger partial charge in [0, 0.05) is 19.5 Å². The Morgan fingerprint density at radius 1 is 0.950 bits per heavy atom. The number of unbranched alkanes of at least 4 members (excludes halogenated alkanes) is 3. The highest BCUT2D eigenvalue weighted by molar-refractivity contribution is 5.75. The molecule has 0 atom stereocenters. The summed E-state index contributed by atoms with van der Waals surface area (Å²) < 4.78 is 0. The van der Waals surface area contributed by atoms with Crippen molar-refractivity contribution in [3.05, 3.63) is 0 Å². The van der Waals surface area contributed by atoms with E-state index < -0.39 is 0 Å². The highest BCUT2D eigenvalue weighted by Gasteiger charge is 2.11. The lowest BCUT2D eigenvalue weighted by molar-refractivity contribution is -0.131. The third-order valence-corrected chi connectivity index (χ3v) is 4.29. The van der Waals surface area contributed by atoms with Gasteiger partial charge in [-0.05, 0) is 51.7 Å². The van der Waals surface area contributed by atoms with Crippen LogP contribution in [0.15, 0.2) is 0 Å². The Kier molecular flexibility index (Phi) is 9.73. The number of carbonyl (C=O) groups excluding carboxylic acids is 1. The summed E-state index contributed by atoms with van der Waals surface area (Å²) in [5, 5.41) is 0. The fraction of sp³-hybridized carbons (Fsp3) is 0.941. The van der Waals surface area contributed by atoms with Gasteiger partial charge >= 0.3 is 0 Å². The summed E-state index contributed by atoms with van der Waals surface area (Å²) in [5.74, 6) is 0.328. The van der Waals surface area contributed by atoms with Crippen LogP contribution < -0.4 is 0 Å². The first-order chi connectivity index (χ1) is 9.77. The summed E-state index contributed by atoms with van der Waals surface area (Å²) in [6.45, 7) is 9.94. The molecule has 0 bridgehead atoms. The number of hydrogen-bond acceptors (Lipinski definition) is 2. The third-order valence-electron chi connectivity index (χ3n) is 4.29.